The Labute approximate surface area is 132 Å². The number of ether oxygens (including phenoxy) is 1. The quantitative estimate of drug-likeness (QED) is 0.584. The number of ketones is 1. The lowest BCUT2D eigenvalue weighted by molar-refractivity contribution is 0.103. The predicted molar refractivity (Wildman–Crippen MR) is 87.4 cm³/mol. The highest BCUT2D eigenvalue weighted by Crippen LogP contribution is 2.28. The van der Waals surface area contributed by atoms with Crippen LogP contribution in [0.2, 0.25) is 0 Å². The van der Waals surface area contributed by atoms with Gasteiger partial charge in [-0.2, -0.15) is 0 Å². The van der Waals surface area contributed by atoms with Crippen molar-refractivity contribution in [3.05, 3.63) is 62.7 Å². The third-order valence-electron chi connectivity index (χ3n) is 3.36. The first-order valence-corrected chi connectivity index (χ1v) is 7.79. The normalized spacial score (nSPS) is 14.1. The van der Waals surface area contributed by atoms with Crippen LogP contribution in [0.25, 0.3) is 0 Å². The minimum absolute atomic E-state index is 0.0550. The number of halogens is 1. The molecule has 0 bridgehead atoms. The zero-order chi connectivity index (χ0) is 14.1. The highest BCUT2D eigenvalue weighted by Gasteiger charge is 2.24. The Kier molecular flexibility index (Phi) is 3.78. The van der Waals surface area contributed by atoms with Gasteiger partial charge in [-0.25, -0.2) is 0 Å². The molecular formula is C17H15IO2. The van der Waals surface area contributed by atoms with Gasteiger partial charge in [-0.05, 0) is 66.1 Å². The Balaban J connectivity index is 1.91. The van der Waals surface area contributed by atoms with Gasteiger partial charge < -0.3 is 4.74 Å². The average Bonchev–Trinajstić information content (AvgIpc) is 3.25. The van der Waals surface area contributed by atoms with Gasteiger partial charge in [-0.3, -0.25) is 4.79 Å². The van der Waals surface area contributed by atoms with E-state index in [0.717, 1.165) is 33.3 Å². The maximum Gasteiger partial charge on any atom is 0.194 e. The third kappa shape index (κ3) is 2.87. The smallest absolute Gasteiger partial charge is 0.194 e. The summed E-state index contributed by atoms with van der Waals surface area (Å²) in [6, 6.07) is 13.3. The Bertz CT molecular complexity index is 660. The minimum Gasteiger partial charge on any atom is -0.490 e. The molecule has 0 saturated heterocycles. The van der Waals surface area contributed by atoms with E-state index in [0.29, 0.717) is 11.7 Å². The van der Waals surface area contributed by atoms with Crippen molar-refractivity contribution in [3.63, 3.8) is 0 Å². The first kappa shape index (κ1) is 13.6. The molecule has 0 aliphatic heterocycles. The van der Waals surface area contributed by atoms with Crippen LogP contribution in [0.15, 0.2) is 42.5 Å². The van der Waals surface area contributed by atoms with E-state index >= 15 is 0 Å². The monoisotopic (exact) mass is 378 g/mol. The fraction of sp³-hybridized carbons (Fsp3) is 0.235. The molecule has 0 N–H and O–H groups in total. The first-order valence-electron chi connectivity index (χ1n) is 6.71. The zero-order valence-corrected chi connectivity index (χ0v) is 13.4. The molecule has 0 heterocycles. The van der Waals surface area contributed by atoms with Crippen molar-refractivity contribution in [2.24, 2.45) is 0 Å². The molecule has 0 unspecified atom stereocenters. The molecule has 102 valence electrons. The number of hydrogen-bond donors (Lipinski definition) is 0. The molecule has 1 aliphatic rings. The van der Waals surface area contributed by atoms with Gasteiger partial charge in [0.1, 0.15) is 5.75 Å². The number of carbonyl (C=O) groups is 1. The summed E-state index contributed by atoms with van der Waals surface area (Å²) in [5.41, 5.74) is 2.57. The molecule has 20 heavy (non-hydrogen) atoms. The lowest BCUT2D eigenvalue weighted by atomic mass is 10.0. The van der Waals surface area contributed by atoms with Crippen LogP contribution in [-0.2, 0) is 0 Å². The van der Waals surface area contributed by atoms with Crippen LogP contribution < -0.4 is 4.74 Å². The molecule has 3 rings (SSSR count). The molecule has 1 saturated carbocycles. The SMILES string of the molecule is Cc1cccc(C(=O)c2cccc(OC3CC3)c2)c1I. The maximum atomic E-state index is 12.6. The number of hydrogen-bond acceptors (Lipinski definition) is 2. The molecule has 0 spiro atoms. The lowest BCUT2D eigenvalue weighted by Gasteiger charge is -2.08. The van der Waals surface area contributed by atoms with E-state index in [1.165, 1.54) is 0 Å². The van der Waals surface area contributed by atoms with E-state index in [4.69, 9.17) is 4.74 Å². The van der Waals surface area contributed by atoms with Gasteiger partial charge in [0.25, 0.3) is 0 Å². The third-order valence-corrected chi connectivity index (χ3v) is 4.79. The molecule has 0 atom stereocenters. The Morgan fingerprint density at radius 2 is 1.95 bits per heavy atom. The van der Waals surface area contributed by atoms with Crippen LogP contribution >= 0.6 is 22.6 Å². The van der Waals surface area contributed by atoms with Gasteiger partial charge in [0.05, 0.1) is 6.10 Å². The van der Waals surface area contributed by atoms with Crippen LogP contribution in [0.4, 0.5) is 0 Å². The summed E-state index contributed by atoms with van der Waals surface area (Å²) in [5.74, 6) is 0.848. The van der Waals surface area contributed by atoms with Crippen LogP contribution in [0, 0.1) is 10.5 Å². The largest absolute Gasteiger partial charge is 0.490 e. The lowest BCUT2D eigenvalue weighted by Crippen LogP contribution is -2.05. The zero-order valence-electron chi connectivity index (χ0n) is 11.2. The summed E-state index contributed by atoms with van der Waals surface area (Å²) in [7, 11) is 0. The molecule has 0 radical (unpaired) electrons. The Hall–Kier alpha value is -1.36. The molecule has 1 aliphatic carbocycles. The summed E-state index contributed by atoms with van der Waals surface area (Å²) in [6.07, 6.45) is 2.58. The first-order chi connectivity index (χ1) is 9.65. The Morgan fingerprint density at radius 1 is 1.20 bits per heavy atom. The molecular weight excluding hydrogens is 363 g/mol. The number of carbonyl (C=O) groups excluding carboxylic acids is 1. The Morgan fingerprint density at radius 3 is 2.70 bits per heavy atom. The standard InChI is InChI=1S/C17H15IO2/c1-11-4-2-7-15(16(11)18)17(19)12-5-3-6-14(10-12)20-13-8-9-13/h2-7,10,13H,8-9H2,1H3. The fourth-order valence-electron chi connectivity index (χ4n) is 2.07. The summed E-state index contributed by atoms with van der Waals surface area (Å²) < 4.78 is 6.77. The van der Waals surface area contributed by atoms with Gasteiger partial charge >= 0.3 is 0 Å². The highest BCUT2D eigenvalue weighted by atomic mass is 127. The molecule has 1 fully saturated rings. The summed E-state index contributed by atoms with van der Waals surface area (Å²) in [5, 5.41) is 0. The van der Waals surface area contributed by atoms with Crippen molar-refractivity contribution in [3.8, 4) is 5.75 Å². The van der Waals surface area contributed by atoms with E-state index in [1.807, 2.05) is 49.4 Å². The van der Waals surface area contributed by atoms with E-state index in [2.05, 4.69) is 22.6 Å². The summed E-state index contributed by atoms with van der Waals surface area (Å²) in [6.45, 7) is 2.02. The van der Waals surface area contributed by atoms with Gasteiger partial charge in [-0.15, -0.1) is 0 Å². The number of aryl methyl sites for hydroxylation is 1. The summed E-state index contributed by atoms with van der Waals surface area (Å²) in [4.78, 5) is 12.6. The van der Waals surface area contributed by atoms with Crippen molar-refractivity contribution < 1.29 is 9.53 Å². The highest BCUT2D eigenvalue weighted by molar-refractivity contribution is 14.1. The van der Waals surface area contributed by atoms with E-state index in [1.54, 1.807) is 0 Å². The molecule has 2 nitrogen and oxygen atoms in total. The van der Waals surface area contributed by atoms with Gasteiger partial charge in [0, 0.05) is 14.7 Å². The van der Waals surface area contributed by atoms with Gasteiger partial charge in [0.15, 0.2) is 5.78 Å². The van der Waals surface area contributed by atoms with Crippen molar-refractivity contribution in [1.29, 1.82) is 0 Å². The maximum absolute atomic E-state index is 12.6. The topological polar surface area (TPSA) is 26.3 Å². The molecule has 2 aromatic rings. The van der Waals surface area contributed by atoms with Crippen LogP contribution in [0.3, 0.4) is 0 Å². The second-order valence-electron chi connectivity index (χ2n) is 5.11. The number of rotatable bonds is 4. The predicted octanol–water partition coefficient (Wildman–Crippen LogP) is 4.37. The second-order valence-corrected chi connectivity index (χ2v) is 6.19. The summed E-state index contributed by atoms with van der Waals surface area (Å²) >= 11 is 2.23. The van der Waals surface area contributed by atoms with Crippen molar-refractivity contribution in [2.45, 2.75) is 25.9 Å². The van der Waals surface area contributed by atoms with E-state index in [9.17, 15) is 4.79 Å². The van der Waals surface area contributed by atoms with Crippen molar-refractivity contribution in [2.75, 3.05) is 0 Å². The second kappa shape index (κ2) is 5.56. The average molecular weight is 378 g/mol. The van der Waals surface area contributed by atoms with Crippen molar-refractivity contribution in [1.82, 2.24) is 0 Å². The number of benzene rings is 2. The molecule has 3 heteroatoms. The van der Waals surface area contributed by atoms with Gasteiger partial charge in [0.2, 0.25) is 0 Å². The van der Waals surface area contributed by atoms with Crippen LogP contribution in [-0.4, -0.2) is 11.9 Å². The van der Waals surface area contributed by atoms with Crippen molar-refractivity contribution >= 4 is 28.4 Å². The molecule has 0 amide bonds. The van der Waals surface area contributed by atoms with Crippen LogP contribution in [0.1, 0.15) is 34.3 Å². The molecule has 2 aromatic carbocycles. The van der Waals surface area contributed by atoms with Crippen LogP contribution in [0.5, 0.6) is 5.75 Å². The van der Waals surface area contributed by atoms with E-state index < -0.39 is 0 Å². The fourth-order valence-corrected chi connectivity index (χ4v) is 2.67. The van der Waals surface area contributed by atoms with E-state index in [-0.39, 0.29) is 5.78 Å². The minimum atomic E-state index is 0.0550. The van der Waals surface area contributed by atoms with Gasteiger partial charge in [-0.1, -0.05) is 24.3 Å². The molecule has 0 aromatic heterocycles.